The molecule has 2 amide bonds. The van der Waals surface area contributed by atoms with Gasteiger partial charge in [0.25, 0.3) is 11.8 Å². The first-order valence-electron chi connectivity index (χ1n) is 7.46. The predicted molar refractivity (Wildman–Crippen MR) is 86.9 cm³/mol. The molecule has 0 spiro atoms. The Hall–Kier alpha value is -2.84. The van der Waals surface area contributed by atoms with Crippen molar-refractivity contribution in [3.63, 3.8) is 0 Å². The molecular formula is C16H20N4O4. The van der Waals surface area contributed by atoms with Crippen LogP contribution in [0.2, 0.25) is 0 Å². The molecule has 2 rings (SSSR count). The van der Waals surface area contributed by atoms with Gasteiger partial charge in [-0.3, -0.25) is 20.4 Å². The molecule has 1 aromatic carbocycles. The molecule has 8 nitrogen and oxygen atoms in total. The average molecular weight is 332 g/mol. The van der Waals surface area contributed by atoms with Crippen LogP contribution in [0.3, 0.4) is 0 Å². The molecule has 0 saturated heterocycles. The largest absolute Gasteiger partial charge is 0.494 e. The van der Waals surface area contributed by atoms with Crippen LogP contribution in [0.1, 0.15) is 39.3 Å². The lowest BCUT2D eigenvalue weighted by Gasteiger charge is -2.10. The molecule has 2 aromatic rings. The van der Waals surface area contributed by atoms with Gasteiger partial charge in [-0.2, -0.15) is 0 Å². The van der Waals surface area contributed by atoms with Crippen LogP contribution in [0.4, 0.5) is 0 Å². The normalized spacial score (nSPS) is 10.2. The number of carbonyl (C=O) groups excluding carboxylic acids is 2. The van der Waals surface area contributed by atoms with Crippen molar-refractivity contribution in [2.45, 2.75) is 19.3 Å². The summed E-state index contributed by atoms with van der Waals surface area (Å²) >= 11 is 0. The SMILES string of the molecule is NNC(=O)c1cc(OCCCCc2ccco2)cc(C(=O)NN)c1. The third-order valence-electron chi connectivity index (χ3n) is 3.36. The van der Waals surface area contributed by atoms with Gasteiger partial charge in [-0.1, -0.05) is 0 Å². The van der Waals surface area contributed by atoms with Gasteiger partial charge in [0.15, 0.2) is 0 Å². The summed E-state index contributed by atoms with van der Waals surface area (Å²) in [7, 11) is 0. The van der Waals surface area contributed by atoms with E-state index >= 15 is 0 Å². The van der Waals surface area contributed by atoms with E-state index in [1.54, 1.807) is 6.26 Å². The fourth-order valence-electron chi connectivity index (χ4n) is 2.16. The number of benzene rings is 1. The number of amides is 2. The van der Waals surface area contributed by atoms with Crippen LogP contribution >= 0.6 is 0 Å². The Balaban J connectivity index is 1.94. The van der Waals surface area contributed by atoms with Crippen molar-refractivity contribution < 1.29 is 18.7 Å². The molecule has 1 aromatic heterocycles. The second kappa shape index (κ2) is 8.70. The Kier molecular flexibility index (Phi) is 6.35. The maximum absolute atomic E-state index is 11.7. The summed E-state index contributed by atoms with van der Waals surface area (Å²) in [6.45, 7) is 0.443. The molecule has 0 aliphatic heterocycles. The summed E-state index contributed by atoms with van der Waals surface area (Å²) < 4.78 is 10.9. The average Bonchev–Trinajstić information content (AvgIpc) is 3.13. The first-order chi connectivity index (χ1) is 11.6. The first kappa shape index (κ1) is 17.5. The molecule has 0 atom stereocenters. The van der Waals surface area contributed by atoms with Gasteiger partial charge in [0.2, 0.25) is 0 Å². The van der Waals surface area contributed by atoms with E-state index in [9.17, 15) is 9.59 Å². The van der Waals surface area contributed by atoms with Crippen molar-refractivity contribution in [3.8, 4) is 5.75 Å². The van der Waals surface area contributed by atoms with Crippen molar-refractivity contribution in [2.75, 3.05) is 6.61 Å². The van der Waals surface area contributed by atoms with Gasteiger partial charge >= 0.3 is 0 Å². The van der Waals surface area contributed by atoms with E-state index in [1.807, 2.05) is 23.0 Å². The summed E-state index contributed by atoms with van der Waals surface area (Å²) in [4.78, 5) is 23.3. The van der Waals surface area contributed by atoms with E-state index in [4.69, 9.17) is 20.8 Å². The van der Waals surface area contributed by atoms with Gasteiger partial charge in [0.05, 0.1) is 12.9 Å². The zero-order chi connectivity index (χ0) is 17.4. The summed E-state index contributed by atoms with van der Waals surface area (Å²) in [5.74, 6) is 10.5. The van der Waals surface area contributed by atoms with Gasteiger partial charge in [-0.05, 0) is 43.2 Å². The minimum atomic E-state index is -0.524. The molecule has 0 bridgehead atoms. The smallest absolute Gasteiger partial charge is 0.265 e. The number of nitrogens with one attached hydrogen (secondary N) is 2. The number of hydrogen-bond donors (Lipinski definition) is 4. The Morgan fingerprint density at radius 2 is 1.71 bits per heavy atom. The Bertz CT molecular complexity index is 651. The van der Waals surface area contributed by atoms with E-state index in [0.29, 0.717) is 12.4 Å². The summed E-state index contributed by atoms with van der Waals surface area (Å²) in [5, 5.41) is 0. The van der Waals surface area contributed by atoms with Gasteiger partial charge in [-0.15, -0.1) is 0 Å². The Labute approximate surface area is 139 Å². The monoisotopic (exact) mass is 332 g/mol. The van der Waals surface area contributed by atoms with Crippen LogP contribution in [0.25, 0.3) is 0 Å². The third-order valence-corrected chi connectivity index (χ3v) is 3.36. The first-order valence-corrected chi connectivity index (χ1v) is 7.46. The second-order valence-corrected chi connectivity index (χ2v) is 5.08. The number of carbonyl (C=O) groups is 2. The summed E-state index contributed by atoms with van der Waals surface area (Å²) in [5.41, 5.74) is 4.46. The second-order valence-electron chi connectivity index (χ2n) is 5.08. The van der Waals surface area contributed by atoms with Gasteiger partial charge in [-0.25, -0.2) is 11.7 Å². The van der Waals surface area contributed by atoms with Crippen molar-refractivity contribution in [2.24, 2.45) is 11.7 Å². The maximum Gasteiger partial charge on any atom is 0.265 e. The number of nitrogens with two attached hydrogens (primary N) is 2. The molecule has 0 unspecified atom stereocenters. The highest BCUT2D eigenvalue weighted by Crippen LogP contribution is 2.18. The highest BCUT2D eigenvalue weighted by molar-refractivity contribution is 5.99. The number of hydrogen-bond acceptors (Lipinski definition) is 6. The van der Waals surface area contributed by atoms with Crippen LogP contribution in [0.5, 0.6) is 5.75 Å². The Morgan fingerprint density at radius 3 is 2.25 bits per heavy atom. The van der Waals surface area contributed by atoms with Crippen molar-refractivity contribution in [1.82, 2.24) is 10.9 Å². The maximum atomic E-state index is 11.7. The molecule has 8 heteroatoms. The molecule has 0 aliphatic carbocycles. The van der Waals surface area contributed by atoms with Crippen LogP contribution < -0.4 is 27.3 Å². The number of nitrogen functional groups attached to an aromatic ring is 2. The summed E-state index contributed by atoms with van der Waals surface area (Å²) in [6, 6.07) is 8.19. The van der Waals surface area contributed by atoms with Crippen molar-refractivity contribution in [3.05, 3.63) is 53.5 Å². The Morgan fingerprint density at radius 1 is 1.04 bits per heavy atom. The number of hydrazine groups is 2. The fraction of sp³-hybridized carbons (Fsp3) is 0.250. The lowest BCUT2D eigenvalue weighted by molar-refractivity contribution is 0.0953. The minimum Gasteiger partial charge on any atom is -0.494 e. The van der Waals surface area contributed by atoms with E-state index < -0.39 is 11.8 Å². The molecule has 0 saturated carbocycles. The van der Waals surface area contributed by atoms with Crippen LogP contribution in [0.15, 0.2) is 41.0 Å². The van der Waals surface area contributed by atoms with Gasteiger partial charge in [0, 0.05) is 17.5 Å². The zero-order valence-electron chi connectivity index (χ0n) is 13.1. The number of ether oxygens (including phenoxy) is 1. The molecule has 0 radical (unpaired) electrons. The van der Waals surface area contributed by atoms with Gasteiger partial charge in [0.1, 0.15) is 11.5 Å². The van der Waals surface area contributed by atoms with Crippen LogP contribution in [0, 0.1) is 0 Å². The zero-order valence-corrected chi connectivity index (χ0v) is 13.1. The van der Waals surface area contributed by atoms with Gasteiger partial charge < -0.3 is 9.15 Å². The highest BCUT2D eigenvalue weighted by Gasteiger charge is 2.12. The van der Waals surface area contributed by atoms with E-state index in [0.717, 1.165) is 25.0 Å². The van der Waals surface area contributed by atoms with E-state index in [2.05, 4.69) is 0 Å². The molecule has 128 valence electrons. The molecule has 6 N–H and O–H groups in total. The standard InChI is InChI=1S/C16H20N4O4/c17-19-15(21)11-8-12(16(22)20-18)10-14(9-11)24-6-2-1-4-13-5-3-7-23-13/h3,5,7-10H,1-2,4,6,17-18H2,(H,19,21)(H,20,22). The molecule has 24 heavy (non-hydrogen) atoms. The van der Waals surface area contributed by atoms with E-state index in [-0.39, 0.29) is 11.1 Å². The number of furan rings is 1. The molecule has 1 heterocycles. The van der Waals surface area contributed by atoms with Crippen molar-refractivity contribution >= 4 is 11.8 Å². The topological polar surface area (TPSA) is 133 Å². The molecular weight excluding hydrogens is 312 g/mol. The molecule has 0 fully saturated rings. The third kappa shape index (κ3) is 4.83. The quantitative estimate of drug-likeness (QED) is 0.245. The lowest BCUT2D eigenvalue weighted by atomic mass is 10.1. The van der Waals surface area contributed by atoms with Crippen LogP contribution in [-0.4, -0.2) is 18.4 Å². The molecule has 0 aliphatic rings. The van der Waals surface area contributed by atoms with E-state index in [1.165, 1.54) is 18.2 Å². The number of aryl methyl sites for hydroxylation is 1. The predicted octanol–water partition coefficient (Wildman–Crippen LogP) is 0.888. The number of unbranched alkanes of at least 4 members (excludes halogenated alkanes) is 1. The van der Waals surface area contributed by atoms with Crippen LogP contribution in [-0.2, 0) is 6.42 Å². The van der Waals surface area contributed by atoms with Crippen molar-refractivity contribution in [1.29, 1.82) is 0 Å². The highest BCUT2D eigenvalue weighted by atomic mass is 16.5. The fourth-order valence-corrected chi connectivity index (χ4v) is 2.16. The summed E-state index contributed by atoms with van der Waals surface area (Å²) in [6.07, 6.45) is 4.16. The minimum absolute atomic E-state index is 0.212. The lowest BCUT2D eigenvalue weighted by Crippen LogP contribution is -2.32. The number of rotatable bonds is 8.